The van der Waals surface area contributed by atoms with Gasteiger partial charge >= 0.3 is 0 Å². The van der Waals surface area contributed by atoms with Gasteiger partial charge in [0.15, 0.2) is 6.29 Å². The average Bonchev–Trinajstić information content (AvgIpc) is 2.38. The van der Waals surface area contributed by atoms with Crippen molar-refractivity contribution < 1.29 is 18.9 Å². The van der Waals surface area contributed by atoms with Crippen molar-refractivity contribution in [2.45, 2.75) is 6.29 Å². The molecule has 0 aliphatic heterocycles. The molecule has 4 nitrogen and oxygen atoms in total. The van der Waals surface area contributed by atoms with Gasteiger partial charge in [0.2, 0.25) is 0 Å². The maximum absolute atomic E-state index is 5.61. The molecule has 0 fully saturated rings. The molecule has 1 aromatic rings. The summed E-state index contributed by atoms with van der Waals surface area (Å²) < 4.78 is 21.1. The highest BCUT2D eigenvalue weighted by Gasteiger charge is 2.11. The highest BCUT2D eigenvalue weighted by Crippen LogP contribution is 2.18. The first-order valence-electron chi connectivity index (χ1n) is 5.64. The number of hydrogen-bond acceptors (Lipinski definition) is 4. The third kappa shape index (κ3) is 5.79. The normalized spacial score (nSPS) is 11.0. The molecule has 0 saturated heterocycles. The van der Waals surface area contributed by atoms with Crippen LogP contribution in [0.1, 0.15) is 11.9 Å². The summed E-state index contributed by atoms with van der Waals surface area (Å²) in [5, 5.41) is 0. The van der Waals surface area contributed by atoms with Crippen LogP contribution in [0.2, 0.25) is 0 Å². The van der Waals surface area contributed by atoms with Gasteiger partial charge in [0.05, 0.1) is 26.4 Å². The maximum Gasteiger partial charge on any atom is 0.184 e. The average molecular weight is 240 g/mol. The van der Waals surface area contributed by atoms with Gasteiger partial charge in [-0.1, -0.05) is 30.3 Å². The van der Waals surface area contributed by atoms with Gasteiger partial charge in [0, 0.05) is 19.8 Å². The van der Waals surface area contributed by atoms with E-state index in [-0.39, 0.29) is 6.29 Å². The van der Waals surface area contributed by atoms with Gasteiger partial charge in [-0.3, -0.25) is 0 Å². The minimum Gasteiger partial charge on any atom is -0.382 e. The van der Waals surface area contributed by atoms with Crippen LogP contribution in [0, 0.1) is 0 Å². The van der Waals surface area contributed by atoms with Crippen LogP contribution in [0.5, 0.6) is 0 Å². The zero-order valence-electron chi connectivity index (χ0n) is 10.4. The van der Waals surface area contributed by atoms with E-state index in [1.807, 2.05) is 30.3 Å². The first-order valence-corrected chi connectivity index (χ1v) is 5.64. The molecule has 4 heteroatoms. The number of methoxy groups -OCH3 is 2. The summed E-state index contributed by atoms with van der Waals surface area (Å²) in [6, 6.07) is 9.84. The van der Waals surface area contributed by atoms with Crippen molar-refractivity contribution in [1.29, 1.82) is 0 Å². The van der Waals surface area contributed by atoms with Crippen molar-refractivity contribution in [3.8, 4) is 0 Å². The number of hydrogen-bond donors (Lipinski definition) is 0. The molecule has 1 aromatic carbocycles. The Bertz CT molecular complexity index is 266. The quantitative estimate of drug-likeness (QED) is 0.489. The second kappa shape index (κ2) is 9.13. The summed E-state index contributed by atoms with van der Waals surface area (Å²) in [6.45, 7) is 2.11. The molecule has 0 unspecified atom stereocenters. The van der Waals surface area contributed by atoms with Crippen LogP contribution < -0.4 is 0 Å². The lowest BCUT2D eigenvalue weighted by molar-refractivity contribution is -0.159. The Balaban J connectivity index is 2.46. The van der Waals surface area contributed by atoms with E-state index in [0.717, 1.165) is 5.56 Å². The van der Waals surface area contributed by atoms with E-state index in [0.29, 0.717) is 26.4 Å². The van der Waals surface area contributed by atoms with Crippen LogP contribution in [0.3, 0.4) is 0 Å². The van der Waals surface area contributed by atoms with E-state index in [1.165, 1.54) is 0 Å². The largest absolute Gasteiger partial charge is 0.382 e. The van der Waals surface area contributed by atoms with Gasteiger partial charge in [-0.15, -0.1) is 0 Å². The summed E-state index contributed by atoms with van der Waals surface area (Å²) in [6.07, 6.45) is -0.360. The van der Waals surface area contributed by atoms with Crippen LogP contribution in [-0.4, -0.2) is 40.6 Å². The summed E-state index contributed by atoms with van der Waals surface area (Å²) in [5.74, 6) is 0. The van der Waals surface area contributed by atoms with E-state index in [2.05, 4.69) is 0 Å². The molecular formula is C13H20O4. The molecule has 17 heavy (non-hydrogen) atoms. The topological polar surface area (TPSA) is 36.9 Å². The lowest BCUT2D eigenvalue weighted by atomic mass is 10.2. The first kappa shape index (κ1) is 14.1. The van der Waals surface area contributed by atoms with E-state index in [1.54, 1.807) is 14.2 Å². The Kier molecular flexibility index (Phi) is 7.58. The predicted molar refractivity (Wildman–Crippen MR) is 64.8 cm³/mol. The summed E-state index contributed by atoms with van der Waals surface area (Å²) in [5.41, 5.74) is 1.000. The van der Waals surface area contributed by atoms with Crippen molar-refractivity contribution in [2.24, 2.45) is 0 Å². The Morgan fingerprint density at radius 1 is 0.824 bits per heavy atom. The zero-order valence-corrected chi connectivity index (χ0v) is 10.4. The van der Waals surface area contributed by atoms with E-state index >= 15 is 0 Å². The standard InChI is InChI=1S/C13H20O4/c1-14-8-10-16-13(17-11-9-15-2)12-6-4-3-5-7-12/h3-7,13H,8-11H2,1-2H3. The number of rotatable bonds is 9. The van der Waals surface area contributed by atoms with Gasteiger partial charge < -0.3 is 18.9 Å². The fraction of sp³-hybridized carbons (Fsp3) is 0.538. The minimum atomic E-state index is -0.360. The molecule has 0 spiro atoms. The van der Waals surface area contributed by atoms with Crippen LogP contribution in [-0.2, 0) is 18.9 Å². The molecule has 1 rings (SSSR count). The fourth-order valence-electron chi connectivity index (χ4n) is 1.33. The first-order chi connectivity index (χ1) is 8.38. The Morgan fingerprint density at radius 2 is 1.35 bits per heavy atom. The van der Waals surface area contributed by atoms with Gasteiger partial charge in [-0.25, -0.2) is 0 Å². The van der Waals surface area contributed by atoms with Crippen LogP contribution >= 0.6 is 0 Å². The van der Waals surface area contributed by atoms with Crippen LogP contribution in [0.25, 0.3) is 0 Å². The molecule has 0 aromatic heterocycles. The molecular weight excluding hydrogens is 220 g/mol. The second-order valence-electron chi connectivity index (χ2n) is 3.47. The van der Waals surface area contributed by atoms with E-state index in [4.69, 9.17) is 18.9 Å². The predicted octanol–water partition coefficient (Wildman–Crippen LogP) is 2.01. The number of ether oxygens (including phenoxy) is 4. The van der Waals surface area contributed by atoms with Crippen molar-refractivity contribution >= 4 is 0 Å². The lowest BCUT2D eigenvalue weighted by Crippen LogP contribution is -2.14. The molecule has 0 bridgehead atoms. The second-order valence-corrected chi connectivity index (χ2v) is 3.47. The van der Waals surface area contributed by atoms with Crippen molar-refractivity contribution in [1.82, 2.24) is 0 Å². The Hall–Kier alpha value is -0.940. The SMILES string of the molecule is COCCOC(OCCOC)c1ccccc1. The Morgan fingerprint density at radius 3 is 1.82 bits per heavy atom. The summed E-state index contributed by atoms with van der Waals surface area (Å²) in [4.78, 5) is 0. The molecule has 0 heterocycles. The zero-order chi connectivity index (χ0) is 12.3. The van der Waals surface area contributed by atoms with Crippen molar-refractivity contribution in [2.75, 3.05) is 40.6 Å². The van der Waals surface area contributed by atoms with Gasteiger partial charge in [0.25, 0.3) is 0 Å². The highest BCUT2D eigenvalue weighted by atomic mass is 16.7. The Labute approximate surface area is 102 Å². The van der Waals surface area contributed by atoms with Crippen LogP contribution in [0.15, 0.2) is 30.3 Å². The molecule has 0 atom stereocenters. The van der Waals surface area contributed by atoms with Crippen molar-refractivity contribution in [3.05, 3.63) is 35.9 Å². The molecule has 0 aliphatic rings. The molecule has 0 N–H and O–H groups in total. The molecule has 0 aliphatic carbocycles. The van der Waals surface area contributed by atoms with E-state index in [9.17, 15) is 0 Å². The molecule has 0 radical (unpaired) electrons. The smallest absolute Gasteiger partial charge is 0.184 e. The van der Waals surface area contributed by atoms with Crippen LogP contribution in [0.4, 0.5) is 0 Å². The van der Waals surface area contributed by atoms with Gasteiger partial charge in [0.1, 0.15) is 0 Å². The summed E-state index contributed by atoms with van der Waals surface area (Å²) >= 11 is 0. The van der Waals surface area contributed by atoms with E-state index < -0.39 is 0 Å². The molecule has 96 valence electrons. The third-order valence-corrected chi connectivity index (χ3v) is 2.19. The highest BCUT2D eigenvalue weighted by molar-refractivity contribution is 5.15. The van der Waals surface area contributed by atoms with Crippen molar-refractivity contribution in [3.63, 3.8) is 0 Å². The van der Waals surface area contributed by atoms with Gasteiger partial charge in [-0.05, 0) is 0 Å². The number of benzene rings is 1. The molecule has 0 saturated carbocycles. The molecule has 0 amide bonds. The monoisotopic (exact) mass is 240 g/mol. The lowest BCUT2D eigenvalue weighted by Gasteiger charge is -2.18. The minimum absolute atomic E-state index is 0.360. The summed E-state index contributed by atoms with van der Waals surface area (Å²) in [7, 11) is 3.29. The third-order valence-electron chi connectivity index (χ3n) is 2.19. The van der Waals surface area contributed by atoms with Gasteiger partial charge in [-0.2, -0.15) is 0 Å². The maximum atomic E-state index is 5.61. The fourth-order valence-corrected chi connectivity index (χ4v) is 1.33.